The van der Waals surface area contributed by atoms with Crippen molar-refractivity contribution in [3.8, 4) is 0 Å². The van der Waals surface area contributed by atoms with Crippen molar-refractivity contribution in [3.05, 3.63) is 57.1 Å². The van der Waals surface area contributed by atoms with Crippen LogP contribution in [0.25, 0.3) is 10.1 Å². The Hall–Kier alpha value is -1.16. The molecule has 1 unspecified atom stereocenters. The van der Waals surface area contributed by atoms with E-state index in [1.54, 1.807) is 0 Å². The molecule has 2 aromatic heterocycles. The number of fused-ring (bicyclic) bond motifs is 1. The quantitative estimate of drug-likeness (QED) is 0.628. The Labute approximate surface area is 134 Å². The van der Waals surface area contributed by atoms with Crippen LogP contribution in [0.3, 0.4) is 0 Å². The monoisotopic (exact) mass is 315 g/mol. The number of nitrogens with one attached hydrogen (secondary N) is 1. The van der Waals surface area contributed by atoms with Gasteiger partial charge >= 0.3 is 0 Å². The number of rotatable bonds is 6. The fraction of sp³-hybridized carbons (Fsp3) is 0.333. The molecule has 0 spiro atoms. The van der Waals surface area contributed by atoms with Crippen LogP contribution in [0.4, 0.5) is 0 Å². The zero-order chi connectivity index (χ0) is 14.7. The summed E-state index contributed by atoms with van der Waals surface area (Å²) in [5.41, 5.74) is 2.88. The van der Waals surface area contributed by atoms with Crippen LogP contribution >= 0.6 is 22.7 Å². The number of aryl methyl sites for hydroxylation is 1. The lowest BCUT2D eigenvalue weighted by Gasteiger charge is -2.18. The van der Waals surface area contributed by atoms with E-state index in [4.69, 9.17) is 0 Å². The van der Waals surface area contributed by atoms with Crippen molar-refractivity contribution in [2.45, 2.75) is 32.7 Å². The van der Waals surface area contributed by atoms with Gasteiger partial charge in [-0.3, -0.25) is 0 Å². The van der Waals surface area contributed by atoms with Crippen LogP contribution in [0.2, 0.25) is 0 Å². The maximum absolute atomic E-state index is 3.73. The predicted molar refractivity (Wildman–Crippen MR) is 95.6 cm³/mol. The predicted octanol–water partition coefficient (Wildman–Crippen LogP) is 5.55. The van der Waals surface area contributed by atoms with Crippen LogP contribution in [0, 0.1) is 6.92 Å². The summed E-state index contributed by atoms with van der Waals surface area (Å²) in [5.74, 6) is 0. The third kappa shape index (κ3) is 3.20. The SMILES string of the molecule is CCCNC(Cc1csc2ccccc12)c1sccc1C. The highest BCUT2D eigenvalue weighted by Gasteiger charge is 2.17. The highest BCUT2D eigenvalue weighted by Crippen LogP contribution is 2.32. The van der Waals surface area contributed by atoms with Crippen LogP contribution in [-0.2, 0) is 6.42 Å². The van der Waals surface area contributed by atoms with Gasteiger partial charge in [0.25, 0.3) is 0 Å². The molecule has 21 heavy (non-hydrogen) atoms. The van der Waals surface area contributed by atoms with Crippen molar-refractivity contribution in [3.63, 3.8) is 0 Å². The first-order valence-electron chi connectivity index (χ1n) is 7.52. The minimum atomic E-state index is 0.433. The van der Waals surface area contributed by atoms with Crippen molar-refractivity contribution < 1.29 is 0 Å². The van der Waals surface area contributed by atoms with Gasteiger partial charge in [-0.25, -0.2) is 0 Å². The maximum Gasteiger partial charge on any atom is 0.0458 e. The van der Waals surface area contributed by atoms with Gasteiger partial charge in [-0.2, -0.15) is 0 Å². The second kappa shape index (κ2) is 6.73. The molecule has 110 valence electrons. The van der Waals surface area contributed by atoms with Crippen LogP contribution < -0.4 is 5.32 Å². The largest absolute Gasteiger partial charge is 0.309 e. The molecule has 2 heterocycles. The lowest BCUT2D eigenvalue weighted by Crippen LogP contribution is -2.23. The molecular formula is C18H21NS2. The molecule has 0 aliphatic rings. The van der Waals surface area contributed by atoms with Gasteiger partial charge in [0.05, 0.1) is 0 Å². The lowest BCUT2D eigenvalue weighted by molar-refractivity contribution is 0.536. The van der Waals surface area contributed by atoms with E-state index in [0.717, 1.165) is 13.0 Å². The molecule has 1 nitrogen and oxygen atoms in total. The molecule has 0 radical (unpaired) electrons. The minimum absolute atomic E-state index is 0.433. The number of hydrogen-bond acceptors (Lipinski definition) is 3. The first kappa shape index (κ1) is 14.8. The molecule has 1 atom stereocenters. The summed E-state index contributed by atoms with van der Waals surface area (Å²) in [6.45, 7) is 5.52. The van der Waals surface area contributed by atoms with E-state index < -0.39 is 0 Å². The van der Waals surface area contributed by atoms with Gasteiger partial charge in [-0.1, -0.05) is 25.1 Å². The standard InChI is InChI=1S/C18H21NS2/c1-3-9-19-16(18-13(2)8-10-20-18)11-14-12-21-17-7-5-4-6-15(14)17/h4-8,10,12,16,19H,3,9,11H2,1-2H3. The van der Waals surface area contributed by atoms with Gasteiger partial charge in [-0.05, 0) is 65.7 Å². The van der Waals surface area contributed by atoms with Gasteiger partial charge in [0.1, 0.15) is 0 Å². The van der Waals surface area contributed by atoms with Gasteiger partial charge < -0.3 is 5.32 Å². The Morgan fingerprint density at radius 2 is 2.00 bits per heavy atom. The fourth-order valence-corrected chi connectivity index (χ4v) is 4.71. The van der Waals surface area contributed by atoms with E-state index in [1.807, 2.05) is 22.7 Å². The number of thiophene rings is 2. The third-order valence-corrected chi connectivity index (χ3v) is 5.99. The summed E-state index contributed by atoms with van der Waals surface area (Å²) < 4.78 is 1.39. The summed E-state index contributed by atoms with van der Waals surface area (Å²) in [7, 11) is 0. The zero-order valence-electron chi connectivity index (χ0n) is 12.6. The summed E-state index contributed by atoms with van der Waals surface area (Å²) in [6.07, 6.45) is 2.25. The molecule has 3 rings (SSSR count). The van der Waals surface area contributed by atoms with Gasteiger partial charge in [-0.15, -0.1) is 22.7 Å². The second-order valence-electron chi connectivity index (χ2n) is 5.44. The summed E-state index contributed by atoms with van der Waals surface area (Å²) in [5, 5.41) is 9.68. The van der Waals surface area contributed by atoms with E-state index in [2.05, 4.69) is 60.3 Å². The molecule has 3 heteroatoms. The Bertz CT molecular complexity index is 711. The van der Waals surface area contributed by atoms with E-state index in [-0.39, 0.29) is 0 Å². The van der Waals surface area contributed by atoms with E-state index in [1.165, 1.54) is 32.5 Å². The molecule has 0 fully saturated rings. The third-order valence-electron chi connectivity index (χ3n) is 3.84. The molecule has 0 saturated carbocycles. The summed E-state index contributed by atoms with van der Waals surface area (Å²) in [6, 6.07) is 11.4. The highest BCUT2D eigenvalue weighted by atomic mass is 32.1. The van der Waals surface area contributed by atoms with E-state index in [0.29, 0.717) is 6.04 Å². The second-order valence-corrected chi connectivity index (χ2v) is 7.29. The van der Waals surface area contributed by atoms with Gasteiger partial charge in [0.15, 0.2) is 0 Å². The molecule has 0 bridgehead atoms. The zero-order valence-corrected chi connectivity index (χ0v) is 14.2. The molecular weight excluding hydrogens is 294 g/mol. The molecule has 1 N–H and O–H groups in total. The van der Waals surface area contributed by atoms with Crippen LogP contribution in [0.5, 0.6) is 0 Å². The van der Waals surface area contributed by atoms with Crippen molar-refractivity contribution in [2.75, 3.05) is 6.54 Å². The normalized spacial score (nSPS) is 12.9. The first-order valence-corrected chi connectivity index (χ1v) is 9.28. The first-order chi connectivity index (χ1) is 10.3. The Morgan fingerprint density at radius 1 is 1.14 bits per heavy atom. The fourth-order valence-electron chi connectivity index (χ4n) is 2.73. The van der Waals surface area contributed by atoms with E-state index in [9.17, 15) is 0 Å². The van der Waals surface area contributed by atoms with Crippen molar-refractivity contribution >= 4 is 32.8 Å². The highest BCUT2D eigenvalue weighted by molar-refractivity contribution is 7.17. The van der Waals surface area contributed by atoms with E-state index >= 15 is 0 Å². The Balaban J connectivity index is 1.89. The van der Waals surface area contributed by atoms with Gasteiger partial charge in [0.2, 0.25) is 0 Å². The maximum atomic E-state index is 3.73. The van der Waals surface area contributed by atoms with Crippen molar-refractivity contribution in [1.82, 2.24) is 5.32 Å². The molecule has 0 saturated heterocycles. The minimum Gasteiger partial charge on any atom is -0.309 e. The molecule has 0 aliphatic carbocycles. The Kier molecular flexibility index (Phi) is 4.73. The van der Waals surface area contributed by atoms with Crippen molar-refractivity contribution in [1.29, 1.82) is 0 Å². The molecule has 3 aromatic rings. The number of hydrogen-bond donors (Lipinski definition) is 1. The molecule has 1 aromatic carbocycles. The van der Waals surface area contributed by atoms with Crippen molar-refractivity contribution in [2.24, 2.45) is 0 Å². The Morgan fingerprint density at radius 3 is 2.76 bits per heavy atom. The molecule has 0 amide bonds. The van der Waals surface area contributed by atoms with Crippen LogP contribution in [-0.4, -0.2) is 6.54 Å². The average Bonchev–Trinajstić information content (AvgIpc) is 3.10. The summed E-state index contributed by atoms with van der Waals surface area (Å²) in [4.78, 5) is 1.48. The number of benzene rings is 1. The molecule has 0 aliphatic heterocycles. The van der Waals surface area contributed by atoms with Crippen LogP contribution in [0.15, 0.2) is 41.1 Å². The topological polar surface area (TPSA) is 12.0 Å². The summed E-state index contributed by atoms with van der Waals surface area (Å²) >= 11 is 3.73. The smallest absolute Gasteiger partial charge is 0.0458 e. The lowest BCUT2D eigenvalue weighted by atomic mass is 10.0. The van der Waals surface area contributed by atoms with Crippen LogP contribution in [0.1, 0.15) is 35.4 Å². The average molecular weight is 316 g/mol. The van der Waals surface area contributed by atoms with Gasteiger partial charge in [0, 0.05) is 15.6 Å².